The number of pyridine rings is 1. The molecular formula is C21H25N3O2. The predicted octanol–water partition coefficient (Wildman–Crippen LogP) is 2.74. The van der Waals surface area contributed by atoms with Gasteiger partial charge in [-0.3, -0.25) is 14.5 Å². The normalized spacial score (nSPS) is 21.4. The fraction of sp³-hybridized carbons (Fsp3) is 0.429. The summed E-state index contributed by atoms with van der Waals surface area (Å²) in [6.45, 7) is 5.09. The van der Waals surface area contributed by atoms with Gasteiger partial charge in [0.15, 0.2) is 0 Å². The van der Waals surface area contributed by atoms with Crippen LogP contribution in [-0.2, 0) is 0 Å². The molecule has 2 aliphatic rings. The number of nitrogens with zero attached hydrogens (tertiary/aromatic N) is 2. The van der Waals surface area contributed by atoms with Gasteiger partial charge in [-0.1, -0.05) is 24.6 Å². The second-order valence-corrected chi connectivity index (χ2v) is 7.46. The van der Waals surface area contributed by atoms with E-state index in [0.29, 0.717) is 17.6 Å². The first kappa shape index (κ1) is 17.0. The molecule has 0 saturated carbocycles. The van der Waals surface area contributed by atoms with Crippen LogP contribution in [0, 0.1) is 0 Å². The Kier molecular flexibility index (Phi) is 4.64. The molecule has 2 aliphatic heterocycles. The molecule has 0 bridgehead atoms. The number of aromatic nitrogens is 1. The summed E-state index contributed by atoms with van der Waals surface area (Å²) in [6, 6.07) is 13.7. The number of amides is 1. The van der Waals surface area contributed by atoms with Crippen LogP contribution in [0.4, 0.5) is 0 Å². The Hall–Kier alpha value is -2.40. The molecule has 0 unspecified atom stereocenters. The first-order chi connectivity index (χ1) is 12.6. The second kappa shape index (κ2) is 7.08. The largest absolute Gasteiger partial charge is 0.335 e. The van der Waals surface area contributed by atoms with Crippen molar-refractivity contribution in [3.8, 4) is 11.3 Å². The highest BCUT2D eigenvalue weighted by Gasteiger charge is 2.37. The highest BCUT2D eigenvalue weighted by atomic mass is 16.2. The van der Waals surface area contributed by atoms with Crippen molar-refractivity contribution in [3.05, 3.63) is 58.4 Å². The fourth-order valence-corrected chi connectivity index (χ4v) is 4.11. The van der Waals surface area contributed by atoms with Gasteiger partial charge in [0.25, 0.3) is 5.91 Å². The summed E-state index contributed by atoms with van der Waals surface area (Å²) < 4.78 is 0. The van der Waals surface area contributed by atoms with E-state index in [0.717, 1.165) is 30.9 Å². The highest BCUT2D eigenvalue weighted by molar-refractivity contribution is 5.96. The lowest BCUT2D eigenvalue weighted by atomic mass is 9.96. The van der Waals surface area contributed by atoms with Crippen LogP contribution in [0.25, 0.3) is 11.3 Å². The van der Waals surface area contributed by atoms with Gasteiger partial charge in [-0.05, 0) is 50.1 Å². The Bertz CT molecular complexity index is 854. The number of benzene rings is 1. The molecule has 1 amide bonds. The summed E-state index contributed by atoms with van der Waals surface area (Å²) in [7, 11) is 0. The zero-order chi connectivity index (χ0) is 18.1. The molecule has 1 aromatic carbocycles. The summed E-state index contributed by atoms with van der Waals surface area (Å²) in [5.41, 5.74) is 2.13. The van der Waals surface area contributed by atoms with Gasteiger partial charge in [-0.25, -0.2) is 0 Å². The summed E-state index contributed by atoms with van der Waals surface area (Å²) in [5, 5.41) is 0. The van der Waals surface area contributed by atoms with E-state index in [1.54, 1.807) is 6.07 Å². The summed E-state index contributed by atoms with van der Waals surface area (Å²) >= 11 is 0. The van der Waals surface area contributed by atoms with Crippen molar-refractivity contribution in [1.29, 1.82) is 0 Å². The van der Waals surface area contributed by atoms with Crippen molar-refractivity contribution in [2.24, 2.45) is 0 Å². The van der Waals surface area contributed by atoms with Crippen molar-refractivity contribution in [2.75, 3.05) is 19.6 Å². The van der Waals surface area contributed by atoms with E-state index in [2.05, 4.69) is 16.8 Å². The maximum absolute atomic E-state index is 12.8. The topological polar surface area (TPSA) is 56.4 Å². The molecule has 5 heteroatoms. The lowest BCUT2D eigenvalue weighted by Crippen LogP contribution is -2.63. The summed E-state index contributed by atoms with van der Waals surface area (Å²) in [5.74, 6) is 0.0750. The van der Waals surface area contributed by atoms with Gasteiger partial charge in [-0.2, -0.15) is 0 Å². The average molecular weight is 351 g/mol. The molecule has 2 fully saturated rings. The number of rotatable bonds is 3. The second-order valence-electron chi connectivity index (χ2n) is 7.46. The molecule has 1 N–H and O–H groups in total. The van der Waals surface area contributed by atoms with E-state index in [-0.39, 0.29) is 11.5 Å². The average Bonchev–Trinajstić information content (AvgIpc) is 2.62. The van der Waals surface area contributed by atoms with Crippen LogP contribution in [0.5, 0.6) is 0 Å². The van der Waals surface area contributed by atoms with E-state index >= 15 is 0 Å². The lowest BCUT2D eigenvalue weighted by molar-refractivity contribution is 0.00213. The van der Waals surface area contributed by atoms with Crippen LogP contribution in [0.2, 0.25) is 0 Å². The third kappa shape index (κ3) is 3.31. The van der Waals surface area contributed by atoms with Crippen molar-refractivity contribution >= 4 is 5.91 Å². The molecule has 2 saturated heterocycles. The molecule has 5 nitrogen and oxygen atoms in total. The lowest BCUT2D eigenvalue weighted by Gasteiger charge is -2.49. The van der Waals surface area contributed by atoms with Gasteiger partial charge in [-0.15, -0.1) is 0 Å². The van der Waals surface area contributed by atoms with Gasteiger partial charge in [0, 0.05) is 42.5 Å². The first-order valence-corrected chi connectivity index (χ1v) is 9.46. The first-order valence-electron chi connectivity index (χ1n) is 9.46. The standard InChI is InChI=1S/C21H25N3O2/c1-15-6-2-3-11-24(15)18-13-23(14-18)21(26)17-8-4-7-16(12-17)19-9-5-10-20(25)22-19/h4-5,7-10,12,15,18H,2-3,6,11,13-14H2,1H3,(H,22,25)/t15-/m0/s1. The number of likely N-dealkylation sites (tertiary alicyclic amines) is 2. The predicted molar refractivity (Wildman–Crippen MR) is 102 cm³/mol. The van der Waals surface area contributed by atoms with E-state index < -0.39 is 0 Å². The Morgan fingerprint density at radius 2 is 1.92 bits per heavy atom. The van der Waals surface area contributed by atoms with E-state index in [1.165, 1.54) is 25.3 Å². The molecule has 2 aromatic rings. The minimum atomic E-state index is -0.138. The molecule has 1 aromatic heterocycles. The Labute approximate surface area is 153 Å². The number of aromatic amines is 1. The Morgan fingerprint density at radius 3 is 2.69 bits per heavy atom. The maximum Gasteiger partial charge on any atom is 0.253 e. The maximum atomic E-state index is 12.8. The molecule has 0 aliphatic carbocycles. The number of piperidine rings is 1. The van der Waals surface area contributed by atoms with Crippen molar-refractivity contribution in [1.82, 2.24) is 14.8 Å². The van der Waals surface area contributed by atoms with E-state index in [4.69, 9.17) is 0 Å². The Morgan fingerprint density at radius 1 is 1.12 bits per heavy atom. The van der Waals surface area contributed by atoms with Gasteiger partial charge in [0.1, 0.15) is 0 Å². The van der Waals surface area contributed by atoms with E-state index in [1.807, 2.05) is 35.2 Å². The minimum absolute atomic E-state index is 0.0750. The van der Waals surface area contributed by atoms with Crippen molar-refractivity contribution in [2.45, 2.75) is 38.3 Å². The van der Waals surface area contributed by atoms with Crippen LogP contribution < -0.4 is 5.56 Å². The molecule has 3 heterocycles. The van der Waals surface area contributed by atoms with Crippen molar-refractivity contribution < 1.29 is 4.79 Å². The number of H-pyrrole nitrogens is 1. The van der Waals surface area contributed by atoms with Gasteiger partial charge < -0.3 is 9.88 Å². The number of carbonyl (C=O) groups is 1. The SMILES string of the molecule is C[C@H]1CCCCN1C1CN(C(=O)c2cccc(-c3cccc(=O)[nH]3)c2)C1. The number of hydrogen-bond acceptors (Lipinski definition) is 3. The Balaban J connectivity index is 1.45. The highest BCUT2D eigenvalue weighted by Crippen LogP contribution is 2.26. The number of hydrogen-bond donors (Lipinski definition) is 1. The van der Waals surface area contributed by atoms with Crippen LogP contribution in [0.1, 0.15) is 36.5 Å². The molecule has 0 radical (unpaired) electrons. The van der Waals surface area contributed by atoms with Crippen molar-refractivity contribution in [3.63, 3.8) is 0 Å². The zero-order valence-corrected chi connectivity index (χ0v) is 15.1. The molecule has 1 atom stereocenters. The van der Waals surface area contributed by atoms with Gasteiger partial charge in [0.2, 0.25) is 5.56 Å². The smallest absolute Gasteiger partial charge is 0.253 e. The van der Waals surface area contributed by atoms with Crippen LogP contribution in [0.15, 0.2) is 47.3 Å². The summed E-state index contributed by atoms with van der Waals surface area (Å²) in [4.78, 5) is 31.7. The minimum Gasteiger partial charge on any atom is -0.335 e. The summed E-state index contributed by atoms with van der Waals surface area (Å²) in [6.07, 6.45) is 3.86. The number of nitrogens with one attached hydrogen (secondary N) is 1. The van der Waals surface area contributed by atoms with Gasteiger partial charge in [0.05, 0.1) is 0 Å². The molecule has 0 spiro atoms. The fourth-order valence-electron chi connectivity index (χ4n) is 4.11. The third-order valence-electron chi connectivity index (χ3n) is 5.66. The molecule has 26 heavy (non-hydrogen) atoms. The van der Waals surface area contributed by atoms with E-state index in [9.17, 15) is 9.59 Å². The van der Waals surface area contributed by atoms with Crippen LogP contribution in [0.3, 0.4) is 0 Å². The number of carbonyl (C=O) groups excluding carboxylic acids is 1. The van der Waals surface area contributed by atoms with Crippen LogP contribution >= 0.6 is 0 Å². The van der Waals surface area contributed by atoms with Gasteiger partial charge >= 0.3 is 0 Å². The zero-order valence-electron chi connectivity index (χ0n) is 15.1. The molecular weight excluding hydrogens is 326 g/mol. The molecule has 4 rings (SSSR count). The third-order valence-corrected chi connectivity index (χ3v) is 5.66. The van der Waals surface area contributed by atoms with Crippen LogP contribution in [-0.4, -0.2) is 52.4 Å². The quantitative estimate of drug-likeness (QED) is 0.925. The molecule has 136 valence electrons. The monoisotopic (exact) mass is 351 g/mol.